The van der Waals surface area contributed by atoms with Gasteiger partial charge in [-0.3, -0.25) is 38.2 Å². The number of likely N-dealkylation sites (N-methyl/N-ethyl adjacent to an activating group) is 1. The predicted octanol–water partition coefficient (Wildman–Crippen LogP) is 5.09. The summed E-state index contributed by atoms with van der Waals surface area (Å²) in [7, 11) is 2.92. The number of nitrogens with one attached hydrogen (secondary N) is 4. The number of piperidine rings is 2. The van der Waals surface area contributed by atoms with Gasteiger partial charge in [0.15, 0.2) is 17.2 Å². The van der Waals surface area contributed by atoms with Crippen molar-refractivity contribution in [1.82, 2.24) is 60.2 Å². The maximum Gasteiger partial charge on any atom is 0.435 e. The van der Waals surface area contributed by atoms with E-state index in [9.17, 15) is 51.5 Å². The maximum atomic E-state index is 15.8. The number of aromatic nitrogens is 6. The van der Waals surface area contributed by atoms with Crippen LogP contribution in [0.2, 0.25) is 0 Å². The molecule has 0 unspecified atom stereocenters. The zero-order valence-corrected chi connectivity index (χ0v) is 46.9. The van der Waals surface area contributed by atoms with Gasteiger partial charge in [0.05, 0.1) is 43.1 Å². The van der Waals surface area contributed by atoms with Crippen molar-refractivity contribution >= 4 is 86.6 Å². The third-order valence-corrected chi connectivity index (χ3v) is 15.5. The number of alkyl halides is 3. The van der Waals surface area contributed by atoms with Gasteiger partial charge in [-0.15, -0.1) is 0 Å². The summed E-state index contributed by atoms with van der Waals surface area (Å²) < 4.78 is 65.6. The molecule has 6 N–H and O–H groups in total. The van der Waals surface area contributed by atoms with Crippen molar-refractivity contribution < 1.29 is 60.7 Å². The second-order valence-corrected chi connectivity index (χ2v) is 21.2. The smallest absolute Gasteiger partial charge is 0.435 e. The first-order valence-corrected chi connectivity index (χ1v) is 28.0. The van der Waals surface area contributed by atoms with Gasteiger partial charge in [0.25, 0.3) is 5.91 Å². The minimum absolute atomic E-state index is 0.0135. The largest absolute Gasteiger partial charge is 0.468 e. The first-order valence-electron chi connectivity index (χ1n) is 28.0. The Labute approximate surface area is 484 Å². The van der Waals surface area contributed by atoms with E-state index in [0.29, 0.717) is 76.5 Å². The number of likely N-dealkylation sites (tertiary alicyclic amines) is 1. The minimum atomic E-state index is -5.06. The number of hydrogen-bond donors (Lipinski definition) is 5. The Kier molecular flexibility index (Phi) is 18.9. The van der Waals surface area contributed by atoms with Crippen molar-refractivity contribution in [3.63, 3.8) is 0 Å². The van der Waals surface area contributed by atoms with Gasteiger partial charge < -0.3 is 51.3 Å². The van der Waals surface area contributed by atoms with Gasteiger partial charge in [-0.2, -0.15) is 23.4 Å². The number of carbonyl (C=O) groups is 8. The van der Waals surface area contributed by atoms with Gasteiger partial charge in [0.1, 0.15) is 24.7 Å². The molecule has 3 aromatic heterocycles. The third kappa shape index (κ3) is 14.4. The van der Waals surface area contributed by atoms with Crippen LogP contribution in [0.4, 0.5) is 39.7 Å². The molecule has 6 aromatic rings. The number of benzene rings is 3. The van der Waals surface area contributed by atoms with Crippen molar-refractivity contribution in [1.29, 1.82) is 0 Å². The Balaban J connectivity index is 0.704. The molecule has 3 aromatic carbocycles. The highest BCUT2D eigenvalue weighted by Gasteiger charge is 2.39. The molecule has 3 fully saturated rings. The molecular formula is C57H65F4N15O9. The van der Waals surface area contributed by atoms with Crippen molar-refractivity contribution in [3.05, 3.63) is 89.8 Å². The van der Waals surface area contributed by atoms with Gasteiger partial charge in [0.2, 0.25) is 29.5 Å². The Morgan fingerprint density at radius 3 is 2.27 bits per heavy atom. The fourth-order valence-corrected chi connectivity index (χ4v) is 10.9. The SMILES string of the molecule is COC(=O)CNC(=O)CNC(=O)Cn1nc(C(F)(F)F)c2c(-c3cc4c(cnn4C(=O)CCC(=O)NCCCCCC(=O)N4CCC(c5ccc(Nc6nc(N7CCC[C@@H](N8CCN(C)C8=O)C7)cnc6C(N)=O)cc5)CC4)cc3F)cccc21. The van der Waals surface area contributed by atoms with E-state index in [1.807, 2.05) is 34.1 Å². The number of primary amides is 1. The minimum Gasteiger partial charge on any atom is -0.468 e. The lowest BCUT2D eigenvalue weighted by molar-refractivity contribution is -0.141. The van der Waals surface area contributed by atoms with E-state index >= 15 is 4.39 Å². The number of esters is 1. The number of ether oxygens (including phenoxy) is 1. The monoisotopic (exact) mass is 1180 g/mol. The quantitative estimate of drug-likeness (QED) is 0.0336. The molecule has 3 saturated heterocycles. The van der Waals surface area contributed by atoms with E-state index < -0.39 is 78.2 Å². The van der Waals surface area contributed by atoms with Crippen molar-refractivity contribution in [2.24, 2.45) is 5.73 Å². The Morgan fingerprint density at radius 1 is 0.788 bits per heavy atom. The van der Waals surface area contributed by atoms with Crippen LogP contribution in [0.15, 0.2) is 67.0 Å². The van der Waals surface area contributed by atoms with Crippen LogP contribution in [0.3, 0.4) is 0 Å². The topological polar surface area (TPSA) is 294 Å². The van der Waals surface area contributed by atoms with Crippen LogP contribution in [-0.4, -0.2) is 171 Å². The van der Waals surface area contributed by atoms with Crippen LogP contribution in [0.5, 0.6) is 0 Å². The molecule has 450 valence electrons. The van der Waals surface area contributed by atoms with E-state index in [4.69, 9.17) is 10.7 Å². The van der Waals surface area contributed by atoms with E-state index in [2.05, 4.69) is 46.1 Å². The normalized spacial score (nSPS) is 15.8. The molecule has 7 amide bonds. The van der Waals surface area contributed by atoms with Gasteiger partial charge in [-0.05, 0) is 85.9 Å². The zero-order valence-electron chi connectivity index (χ0n) is 46.9. The predicted molar refractivity (Wildman–Crippen MR) is 302 cm³/mol. The molecule has 0 aliphatic carbocycles. The van der Waals surface area contributed by atoms with Crippen LogP contribution >= 0.6 is 0 Å². The highest BCUT2D eigenvalue weighted by atomic mass is 19.4. The number of carbonyl (C=O) groups excluding carboxylic acids is 8. The summed E-state index contributed by atoms with van der Waals surface area (Å²) in [6, 6.07) is 14.0. The summed E-state index contributed by atoms with van der Waals surface area (Å²) in [6.45, 7) is 2.40. The molecule has 0 spiro atoms. The van der Waals surface area contributed by atoms with Crippen LogP contribution < -0.4 is 31.9 Å². The zero-order chi connectivity index (χ0) is 60.5. The molecule has 0 saturated carbocycles. The van der Waals surface area contributed by atoms with Crippen LogP contribution in [0.1, 0.15) is 96.7 Å². The summed E-state index contributed by atoms with van der Waals surface area (Å²) in [5.41, 5.74) is 5.43. The maximum absolute atomic E-state index is 15.8. The standard InChI is InChI=1S/C57H65F4N15O9/c1-71-24-25-74(56(71)84)38-8-7-21-73(32-38)44-29-66-52(54(62)83)55(69-44)68-37-14-12-34(13-15-37)35-18-22-72(23-19-35)48(80)11-4-3-5-20-63-45(77)16-17-49(81)76-43-27-40(41(58)26-36(43)28-67-76)39-9-6-10-42-51(39)53(57(59,60)61)70-75(42)33-47(79)64-30-46(78)65-31-50(82)85-2/h6,9-10,12-15,26-29,35,38H,3-5,7-8,11,16-25,30-33H2,1-2H3,(H2,62,83)(H,63,77)(H,64,79)(H,65,78)(H,68,69)/t38-/m1/s1. The molecule has 6 heterocycles. The molecule has 0 bridgehead atoms. The average molecular weight is 1180 g/mol. The number of nitrogens with two attached hydrogens (primary N) is 1. The van der Waals surface area contributed by atoms with E-state index in [1.54, 1.807) is 18.1 Å². The average Bonchev–Trinajstić information content (AvgIpc) is 2.19. The number of nitrogens with zero attached hydrogens (tertiary/aromatic N) is 10. The molecule has 0 radical (unpaired) electrons. The first-order chi connectivity index (χ1) is 40.8. The highest BCUT2D eigenvalue weighted by molar-refractivity contribution is 6.01. The summed E-state index contributed by atoms with van der Waals surface area (Å²) in [4.78, 5) is 117. The number of fused-ring (bicyclic) bond motifs is 2. The number of hydrogen-bond acceptors (Lipinski definition) is 15. The third-order valence-electron chi connectivity index (χ3n) is 15.5. The fraction of sp³-hybridized carbons (Fsp3) is 0.439. The molecule has 85 heavy (non-hydrogen) atoms. The molecule has 24 nitrogen and oxygen atoms in total. The van der Waals surface area contributed by atoms with Crippen LogP contribution in [0.25, 0.3) is 32.9 Å². The van der Waals surface area contributed by atoms with Gasteiger partial charge in [0, 0.05) is 94.1 Å². The van der Waals surface area contributed by atoms with Gasteiger partial charge in [-0.25, -0.2) is 23.8 Å². The Hall–Kier alpha value is -9.24. The lowest BCUT2D eigenvalue weighted by atomic mass is 9.89. The van der Waals surface area contributed by atoms with Crippen LogP contribution in [-0.2, 0) is 41.4 Å². The van der Waals surface area contributed by atoms with Gasteiger partial charge in [-0.1, -0.05) is 30.7 Å². The van der Waals surface area contributed by atoms with E-state index in [-0.39, 0.29) is 75.8 Å². The summed E-state index contributed by atoms with van der Waals surface area (Å²) in [5.74, 6) is -3.96. The van der Waals surface area contributed by atoms with Crippen molar-refractivity contribution in [2.45, 2.75) is 88.9 Å². The lowest BCUT2D eigenvalue weighted by Gasteiger charge is -2.37. The fourth-order valence-electron chi connectivity index (χ4n) is 10.9. The van der Waals surface area contributed by atoms with E-state index in [1.165, 1.54) is 30.5 Å². The van der Waals surface area contributed by atoms with Gasteiger partial charge >= 0.3 is 18.2 Å². The van der Waals surface area contributed by atoms with Crippen molar-refractivity contribution in [3.8, 4) is 11.1 Å². The lowest BCUT2D eigenvalue weighted by Crippen LogP contribution is -2.49. The number of methoxy groups -OCH3 is 1. The molecule has 3 aliphatic rings. The number of urea groups is 1. The van der Waals surface area contributed by atoms with Crippen LogP contribution in [0, 0.1) is 5.82 Å². The highest BCUT2D eigenvalue weighted by Crippen LogP contribution is 2.41. The second-order valence-electron chi connectivity index (χ2n) is 21.2. The summed E-state index contributed by atoms with van der Waals surface area (Å²) >= 11 is 0. The first kappa shape index (κ1) is 60.4. The summed E-state index contributed by atoms with van der Waals surface area (Å²) in [6.07, 6.45) is 2.76. The number of rotatable bonds is 22. The second kappa shape index (κ2) is 26.6. The molecular weight excluding hydrogens is 1110 g/mol. The number of amides is 7. The Bertz CT molecular complexity index is 3510. The van der Waals surface area contributed by atoms with E-state index in [0.717, 1.165) is 60.3 Å². The molecule has 28 heteroatoms. The summed E-state index contributed by atoms with van der Waals surface area (Å²) in [5, 5.41) is 17.9. The van der Waals surface area contributed by atoms with Crippen molar-refractivity contribution in [2.75, 3.05) is 83.3 Å². The Morgan fingerprint density at radius 2 is 1.55 bits per heavy atom. The molecule has 9 rings (SSSR count). The number of halogens is 4. The molecule has 3 aliphatic heterocycles. The number of anilines is 3. The molecule has 1 atom stereocenters. The number of unbranched alkanes of at least 4 members (excludes halogenated alkanes) is 2.